The molecule has 0 radical (unpaired) electrons. The lowest BCUT2D eigenvalue weighted by molar-refractivity contribution is 0.0931. The van der Waals surface area contributed by atoms with E-state index >= 15 is 0 Å². The van der Waals surface area contributed by atoms with Crippen molar-refractivity contribution in [3.63, 3.8) is 0 Å². The molecule has 0 saturated heterocycles. The molecule has 1 aliphatic carbocycles. The van der Waals surface area contributed by atoms with Crippen molar-refractivity contribution in [2.75, 3.05) is 0 Å². The largest absolute Gasteiger partial charge is 0.366 e. The van der Waals surface area contributed by atoms with Crippen LogP contribution in [-0.4, -0.2) is 22.7 Å². The van der Waals surface area contributed by atoms with Crippen LogP contribution >= 0.6 is 0 Å². The summed E-state index contributed by atoms with van der Waals surface area (Å²) >= 11 is 0. The van der Waals surface area contributed by atoms with Crippen molar-refractivity contribution in [1.29, 1.82) is 0 Å². The molecule has 1 unspecified atom stereocenters. The highest BCUT2D eigenvalue weighted by atomic mass is 16.2. The lowest BCUT2D eigenvalue weighted by atomic mass is 9.87. The number of nitrogens with two attached hydrogens (primary N) is 2. The average Bonchev–Trinajstić information content (AvgIpc) is 2.93. The maximum Gasteiger partial charge on any atom is 0.253 e. The van der Waals surface area contributed by atoms with Crippen molar-refractivity contribution < 1.29 is 14.4 Å². The number of nitrogens with zero attached hydrogens (tertiary/aromatic N) is 1. The van der Waals surface area contributed by atoms with Gasteiger partial charge in [-0.2, -0.15) is 0 Å². The minimum atomic E-state index is -0.692. The fourth-order valence-corrected chi connectivity index (χ4v) is 5.00. The minimum Gasteiger partial charge on any atom is -0.366 e. The maximum absolute atomic E-state index is 13.6. The Balaban J connectivity index is 1.56. The predicted octanol–water partition coefficient (Wildman–Crippen LogP) is 4.42. The highest BCUT2D eigenvalue weighted by Gasteiger charge is 2.25. The van der Waals surface area contributed by atoms with E-state index in [0.29, 0.717) is 27.9 Å². The molecule has 184 valence electrons. The van der Waals surface area contributed by atoms with Gasteiger partial charge in [-0.1, -0.05) is 54.6 Å². The number of aromatic nitrogens is 1. The molecule has 1 atom stereocenters. The van der Waals surface area contributed by atoms with E-state index in [4.69, 9.17) is 11.5 Å². The lowest BCUT2D eigenvalue weighted by Crippen LogP contribution is -2.31. The van der Waals surface area contributed by atoms with Crippen molar-refractivity contribution in [1.82, 2.24) is 10.3 Å². The molecule has 1 aromatic heterocycles. The Bertz CT molecular complexity index is 1530. The zero-order chi connectivity index (χ0) is 25.9. The molecule has 0 saturated carbocycles. The third-order valence-corrected chi connectivity index (χ3v) is 6.77. The Morgan fingerprint density at radius 2 is 1.54 bits per heavy atom. The first-order valence-corrected chi connectivity index (χ1v) is 12.1. The fraction of sp³-hybridized carbons (Fsp3) is 0.133. The Labute approximate surface area is 214 Å². The van der Waals surface area contributed by atoms with E-state index in [9.17, 15) is 14.4 Å². The first kappa shape index (κ1) is 23.9. The molecule has 3 amide bonds. The van der Waals surface area contributed by atoms with Crippen molar-refractivity contribution in [2.24, 2.45) is 11.5 Å². The van der Waals surface area contributed by atoms with Gasteiger partial charge in [0, 0.05) is 22.9 Å². The summed E-state index contributed by atoms with van der Waals surface area (Å²) < 4.78 is 0. The number of aryl methyl sites for hydroxylation is 1. The molecular formula is C30H26N4O3. The zero-order valence-electron chi connectivity index (χ0n) is 20.1. The molecule has 7 nitrogen and oxygen atoms in total. The van der Waals surface area contributed by atoms with Crippen LogP contribution in [0, 0.1) is 0 Å². The van der Waals surface area contributed by atoms with Crippen LogP contribution in [-0.2, 0) is 6.42 Å². The van der Waals surface area contributed by atoms with Gasteiger partial charge in [-0.25, -0.2) is 0 Å². The van der Waals surface area contributed by atoms with E-state index in [1.807, 2.05) is 36.4 Å². The van der Waals surface area contributed by atoms with Crippen molar-refractivity contribution in [3.05, 3.63) is 113 Å². The standard InChI is InChI=1S/C30H26N4O3/c31-28(35)19-14-15-22(25(17-19)29(32)36)21-10-3-4-11-23(21)27-24(12-6-16-33-27)30(37)34-26-13-5-8-18-7-1-2-9-20(18)26/h1-4,6-7,9-12,14-17,26H,5,8,13H2,(H2,31,35)(H2,32,36)(H,34,37). The quantitative estimate of drug-likeness (QED) is 0.369. The SMILES string of the molecule is NC(=O)c1ccc(-c2ccccc2-c2ncccc2C(=O)NC2CCCc3ccccc32)c(C(N)=O)c1. The number of carbonyl (C=O) groups excluding carboxylic acids is 3. The number of primary amides is 2. The maximum atomic E-state index is 13.6. The molecule has 0 aliphatic heterocycles. The van der Waals surface area contributed by atoms with Crippen LogP contribution in [0.4, 0.5) is 0 Å². The number of hydrogen-bond acceptors (Lipinski definition) is 4. The van der Waals surface area contributed by atoms with Crippen LogP contribution in [0.25, 0.3) is 22.4 Å². The molecule has 7 heteroatoms. The first-order valence-electron chi connectivity index (χ1n) is 12.1. The van der Waals surface area contributed by atoms with Gasteiger partial charge in [0.05, 0.1) is 17.3 Å². The number of carbonyl (C=O) groups is 3. The van der Waals surface area contributed by atoms with E-state index in [1.165, 1.54) is 11.6 Å². The van der Waals surface area contributed by atoms with Gasteiger partial charge in [0.2, 0.25) is 11.8 Å². The summed E-state index contributed by atoms with van der Waals surface area (Å²) in [6.07, 6.45) is 4.50. The van der Waals surface area contributed by atoms with Gasteiger partial charge in [0.25, 0.3) is 5.91 Å². The van der Waals surface area contributed by atoms with Gasteiger partial charge in [0.15, 0.2) is 0 Å². The second kappa shape index (κ2) is 10.1. The van der Waals surface area contributed by atoms with Crippen LogP contribution in [0.5, 0.6) is 0 Å². The van der Waals surface area contributed by atoms with E-state index in [0.717, 1.165) is 24.8 Å². The third kappa shape index (κ3) is 4.71. The molecule has 0 bridgehead atoms. The second-order valence-corrected chi connectivity index (χ2v) is 9.05. The number of hydrogen-bond donors (Lipinski definition) is 3. The fourth-order valence-electron chi connectivity index (χ4n) is 5.00. The smallest absolute Gasteiger partial charge is 0.253 e. The third-order valence-electron chi connectivity index (χ3n) is 6.77. The summed E-state index contributed by atoms with van der Waals surface area (Å²) in [6, 6.07) is 23.5. The first-order chi connectivity index (χ1) is 17.9. The van der Waals surface area contributed by atoms with E-state index < -0.39 is 11.8 Å². The summed E-state index contributed by atoms with van der Waals surface area (Å²) in [7, 11) is 0. The van der Waals surface area contributed by atoms with E-state index in [2.05, 4.69) is 22.4 Å². The number of rotatable bonds is 6. The van der Waals surface area contributed by atoms with Gasteiger partial charge in [-0.15, -0.1) is 0 Å². The Hall–Kier alpha value is -4.78. The molecule has 4 aromatic rings. The van der Waals surface area contributed by atoms with Crippen LogP contribution in [0.3, 0.4) is 0 Å². The summed E-state index contributed by atoms with van der Waals surface area (Å²) in [5, 5.41) is 3.21. The van der Waals surface area contributed by atoms with Crippen LogP contribution < -0.4 is 16.8 Å². The van der Waals surface area contributed by atoms with Crippen molar-refractivity contribution >= 4 is 17.7 Å². The summed E-state index contributed by atoms with van der Waals surface area (Å²) in [5.74, 6) is -1.57. The highest BCUT2D eigenvalue weighted by molar-refractivity contribution is 6.06. The topological polar surface area (TPSA) is 128 Å². The molecule has 3 aromatic carbocycles. The Kier molecular flexibility index (Phi) is 6.51. The van der Waals surface area contributed by atoms with Gasteiger partial charge in [-0.05, 0) is 65.8 Å². The summed E-state index contributed by atoms with van der Waals surface area (Å²) in [6.45, 7) is 0. The molecule has 1 heterocycles. The molecule has 0 spiro atoms. The second-order valence-electron chi connectivity index (χ2n) is 9.05. The summed E-state index contributed by atoms with van der Waals surface area (Å²) in [5.41, 5.74) is 16.5. The molecule has 5 rings (SSSR count). The molecule has 5 N–H and O–H groups in total. The summed E-state index contributed by atoms with van der Waals surface area (Å²) in [4.78, 5) is 42.1. The Morgan fingerprint density at radius 3 is 2.32 bits per heavy atom. The van der Waals surface area contributed by atoms with Crippen LogP contribution in [0.2, 0.25) is 0 Å². The minimum absolute atomic E-state index is 0.0800. The number of benzene rings is 3. The lowest BCUT2D eigenvalue weighted by Gasteiger charge is -2.26. The Morgan fingerprint density at radius 1 is 0.784 bits per heavy atom. The van der Waals surface area contributed by atoms with Crippen molar-refractivity contribution in [2.45, 2.75) is 25.3 Å². The monoisotopic (exact) mass is 490 g/mol. The van der Waals surface area contributed by atoms with Gasteiger partial charge < -0.3 is 16.8 Å². The number of fused-ring (bicyclic) bond motifs is 1. The van der Waals surface area contributed by atoms with Gasteiger partial charge >= 0.3 is 0 Å². The molecule has 0 fully saturated rings. The normalized spacial score (nSPS) is 14.4. The van der Waals surface area contributed by atoms with Gasteiger partial charge in [0.1, 0.15) is 0 Å². The predicted molar refractivity (Wildman–Crippen MR) is 142 cm³/mol. The number of amides is 3. The number of nitrogens with one attached hydrogen (secondary N) is 1. The molecular weight excluding hydrogens is 464 g/mol. The number of pyridine rings is 1. The zero-order valence-corrected chi connectivity index (χ0v) is 20.1. The van der Waals surface area contributed by atoms with E-state index in [1.54, 1.807) is 30.5 Å². The molecule has 1 aliphatic rings. The van der Waals surface area contributed by atoms with E-state index in [-0.39, 0.29) is 23.1 Å². The van der Waals surface area contributed by atoms with Crippen LogP contribution in [0.15, 0.2) is 85.1 Å². The average molecular weight is 491 g/mol. The highest BCUT2D eigenvalue weighted by Crippen LogP contribution is 2.36. The molecule has 37 heavy (non-hydrogen) atoms. The van der Waals surface area contributed by atoms with Gasteiger partial charge in [-0.3, -0.25) is 19.4 Å². The van der Waals surface area contributed by atoms with Crippen LogP contribution in [0.1, 0.15) is 61.1 Å². The van der Waals surface area contributed by atoms with Crippen molar-refractivity contribution in [3.8, 4) is 22.4 Å².